The molecular formula is C18H20ClNO3. The zero-order valence-electron chi connectivity index (χ0n) is 13.5. The third-order valence-corrected chi connectivity index (χ3v) is 3.34. The summed E-state index contributed by atoms with van der Waals surface area (Å²) in [5.41, 5.74) is 1.67. The first-order chi connectivity index (χ1) is 11.2. The zero-order valence-corrected chi connectivity index (χ0v) is 14.3. The number of ether oxygens (including phenoxy) is 3. The van der Waals surface area contributed by atoms with E-state index in [1.807, 2.05) is 50.2 Å². The first kappa shape index (κ1) is 17.2. The maximum absolute atomic E-state index is 6.29. The van der Waals surface area contributed by atoms with Gasteiger partial charge in [-0.15, -0.1) is 0 Å². The smallest absolute Gasteiger partial charge is 0.179 e. The highest BCUT2D eigenvalue weighted by molar-refractivity contribution is 6.32. The summed E-state index contributed by atoms with van der Waals surface area (Å²) in [5.74, 6) is 1.99. The molecule has 0 atom stereocenters. The molecule has 0 aliphatic heterocycles. The summed E-state index contributed by atoms with van der Waals surface area (Å²) in [4.78, 5) is 4.43. The molecule has 0 fully saturated rings. The molecule has 0 saturated carbocycles. The normalized spacial score (nSPS) is 10.8. The molecule has 0 saturated heterocycles. The molecule has 0 aliphatic carbocycles. The number of methoxy groups -OCH3 is 1. The highest BCUT2D eigenvalue weighted by atomic mass is 35.5. The van der Waals surface area contributed by atoms with Crippen molar-refractivity contribution in [3.05, 3.63) is 47.0 Å². The van der Waals surface area contributed by atoms with Crippen LogP contribution in [0.15, 0.2) is 41.4 Å². The van der Waals surface area contributed by atoms with Crippen LogP contribution in [0.5, 0.6) is 17.2 Å². The summed E-state index contributed by atoms with van der Waals surface area (Å²) in [6.45, 7) is 4.89. The number of halogens is 1. The summed E-state index contributed by atoms with van der Waals surface area (Å²) >= 11 is 6.29. The van der Waals surface area contributed by atoms with Crippen LogP contribution in [0.25, 0.3) is 0 Å². The summed E-state index contributed by atoms with van der Waals surface area (Å²) in [6, 6.07) is 11.2. The van der Waals surface area contributed by atoms with Crippen molar-refractivity contribution in [1.29, 1.82) is 0 Å². The molecule has 0 spiro atoms. The Hall–Kier alpha value is -2.20. The van der Waals surface area contributed by atoms with E-state index in [1.165, 1.54) is 0 Å². The Labute approximate surface area is 141 Å². The van der Waals surface area contributed by atoms with E-state index in [4.69, 9.17) is 25.8 Å². The molecular weight excluding hydrogens is 314 g/mol. The van der Waals surface area contributed by atoms with Gasteiger partial charge in [-0.05, 0) is 55.8 Å². The van der Waals surface area contributed by atoms with Gasteiger partial charge in [0.2, 0.25) is 0 Å². The van der Waals surface area contributed by atoms with Gasteiger partial charge in [0, 0.05) is 6.21 Å². The van der Waals surface area contributed by atoms with Crippen LogP contribution in [0.2, 0.25) is 5.02 Å². The Morgan fingerprint density at radius 2 is 1.74 bits per heavy atom. The summed E-state index contributed by atoms with van der Waals surface area (Å²) < 4.78 is 16.3. The maximum atomic E-state index is 6.29. The molecule has 2 aromatic carbocycles. The average Bonchev–Trinajstić information content (AvgIpc) is 2.57. The third kappa shape index (κ3) is 4.63. The predicted molar refractivity (Wildman–Crippen MR) is 94.0 cm³/mol. The highest BCUT2D eigenvalue weighted by Crippen LogP contribution is 2.36. The Balaban J connectivity index is 2.26. The van der Waals surface area contributed by atoms with Gasteiger partial charge < -0.3 is 14.2 Å². The van der Waals surface area contributed by atoms with Gasteiger partial charge in [0.05, 0.1) is 31.0 Å². The van der Waals surface area contributed by atoms with E-state index in [9.17, 15) is 0 Å². The third-order valence-electron chi connectivity index (χ3n) is 3.06. The van der Waals surface area contributed by atoms with E-state index >= 15 is 0 Å². The number of aliphatic imine (C=N–C) groups is 1. The van der Waals surface area contributed by atoms with Crippen LogP contribution in [-0.4, -0.2) is 26.5 Å². The fraction of sp³-hybridized carbons (Fsp3) is 0.278. The van der Waals surface area contributed by atoms with Crippen LogP contribution in [0, 0.1) is 0 Å². The molecule has 0 amide bonds. The number of hydrogen-bond acceptors (Lipinski definition) is 4. The van der Waals surface area contributed by atoms with Gasteiger partial charge in [-0.2, -0.15) is 0 Å². The summed E-state index contributed by atoms with van der Waals surface area (Å²) in [7, 11) is 1.63. The van der Waals surface area contributed by atoms with Gasteiger partial charge in [0.1, 0.15) is 5.75 Å². The van der Waals surface area contributed by atoms with Crippen molar-refractivity contribution in [2.45, 2.75) is 13.8 Å². The van der Waals surface area contributed by atoms with Crippen LogP contribution >= 0.6 is 11.6 Å². The van der Waals surface area contributed by atoms with Crippen LogP contribution in [0.4, 0.5) is 5.69 Å². The largest absolute Gasteiger partial charge is 0.497 e. The van der Waals surface area contributed by atoms with Crippen molar-refractivity contribution in [3.63, 3.8) is 0 Å². The molecule has 0 unspecified atom stereocenters. The fourth-order valence-electron chi connectivity index (χ4n) is 2.03. The van der Waals surface area contributed by atoms with Crippen molar-refractivity contribution >= 4 is 23.5 Å². The van der Waals surface area contributed by atoms with E-state index in [0.717, 1.165) is 17.0 Å². The van der Waals surface area contributed by atoms with Crippen molar-refractivity contribution in [3.8, 4) is 17.2 Å². The van der Waals surface area contributed by atoms with Gasteiger partial charge >= 0.3 is 0 Å². The van der Waals surface area contributed by atoms with E-state index in [1.54, 1.807) is 13.3 Å². The Kier molecular flexibility index (Phi) is 6.29. The van der Waals surface area contributed by atoms with Crippen LogP contribution in [0.1, 0.15) is 19.4 Å². The van der Waals surface area contributed by atoms with Crippen molar-refractivity contribution < 1.29 is 14.2 Å². The minimum Gasteiger partial charge on any atom is -0.497 e. The Morgan fingerprint density at radius 3 is 2.35 bits per heavy atom. The Bertz CT molecular complexity index is 669. The van der Waals surface area contributed by atoms with E-state index < -0.39 is 0 Å². The molecule has 4 nitrogen and oxygen atoms in total. The number of rotatable bonds is 7. The minimum atomic E-state index is 0.508. The van der Waals surface area contributed by atoms with Crippen LogP contribution < -0.4 is 14.2 Å². The standard InChI is InChI=1S/C18H20ClNO3/c1-4-22-17-11-13(10-16(19)18(17)23-5-2)12-20-14-6-8-15(21-3)9-7-14/h6-12H,4-5H2,1-3H3. The lowest BCUT2D eigenvalue weighted by molar-refractivity contribution is 0.288. The molecule has 122 valence electrons. The van der Waals surface area contributed by atoms with Crippen LogP contribution in [0.3, 0.4) is 0 Å². The summed E-state index contributed by atoms with van der Waals surface area (Å²) in [5, 5.41) is 0.508. The Morgan fingerprint density at radius 1 is 1.04 bits per heavy atom. The SMILES string of the molecule is CCOc1cc(C=Nc2ccc(OC)cc2)cc(Cl)c1OCC. The number of benzene rings is 2. The molecule has 23 heavy (non-hydrogen) atoms. The van der Waals surface area contributed by atoms with E-state index in [2.05, 4.69) is 4.99 Å². The first-order valence-electron chi connectivity index (χ1n) is 7.45. The van der Waals surface area contributed by atoms with E-state index in [0.29, 0.717) is 29.7 Å². The molecule has 0 aromatic heterocycles. The predicted octanol–water partition coefficient (Wildman–Crippen LogP) is 4.90. The van der Waals surface area contributed by atoms with Crippen molar-refractivity contribution in [1.82, 2.24) is 0 Å². The lowest BCUT2D eigenvalue weighted by atomic mass is 10.2. The van der Waals surface area contributed by atoms with Gasteiger partial charge in [-0.1, -0.05) is 11.6 Å². The van der Waals surface area contributed by atoms with Crippen LogP contribution in [-0.2, 0) is 0 Å². The van der Waals surface area contributed by atoms with E-state index in [-0.39, 0.29) is 0 Å². The highest BCUT2D eigenvalue weighted by Gasteiger charge is 2.11. The second-order valence-electron chi connectivity index (χ2n) is 4.65. The lowest BCUT2D eigenvalue weighted by Gasteiger charge is -2.13. The average molecular weight is 334 g/mol. The fourth-order valence-corrected chi connectivity index (χ4v) is 2.30. The van der Waals surface area contributed by atoms with Gasteiger partial charge in [-0.3, -0.25) is 4.99 Å². The number of hydrogen-bond donors (Lipinski definition) is 0. The maximum Gasteiger partial charge on any atom is 0.179 e. The summed E-state index contributed by atoms with van der Waals surface area (Å²) in [6.07, 6.45) is 1.74. The minimum absolute atomic E-state index is 0.508. The first-order valence-corrected chi connectivity index (χ1v) is 7.83. The molecule has 0 bridgehead atoms. The molecule has 5 heteroatoms. The van der Waals surface area contributed by atoms with Gasteiger partial charge in [-0.25, -0.2) is 0 Å². The lowest BCUT2D eigenvalue weighted by Crippen LogP contribution is -2.00. The topological polar surface area (TPSA) is 40.0 Å². The molecule has 0 radical (unpaired) electrons. The molecule has 0 heterocycles. The van der Waals surface area contributed by atoms with Gasteiger partial charge in [0.25, 0.3) is 0 Å². The van der Waals surface area contributed by atoms with Crippen molar-refractivity contribution in [2.24, 2.45) is 4.99 Å². The van der Waals surface area contributed by atoms with Crippen molar-refractivity contribution in [2.75, 3.05) is 20.3 Å². The molecule has 2 aromatic rings. The molecule has 2 rings (SSSR count). The molecule has 0 aliphatic rings. The second-order valence-corrected chi connectivity index (χ2v) is 5.06. The zero-order chi connectivity index (χ0) is 16.7. The number of nitrogens with zero attached hydrogens (tertiary/aromatic N) is 1. The van der Waals surface area contributed by atoms with Gasteiger partial charge in [0.15, 0.2) is 11.5 Å². The quantitative estimate of drug-likeness (QED) is 0.677. The monoisotopic (exact) mass is 333 g/mol. The molecule has 0 N–H and O–H groups in total. The second kappa shape index (κ2) is 8.44.